The van der Waals surface area contributed by atoms with Crippen LogP contribution in [0.4, 0.5) is 4.39 Å². The van der Waals surface area contributed by atoms with Gasteiger partial charge < -0.3 is 19.4 Å². The number of benzene rings is 2. The molecule has 39 heavy (non-hydrogen) atoms. The average molecular weight is 550 g/mol. The predicted molar refractivity (Wildman–Crippen MR) is 152 cm³/mol. The maximum Gasteiger partial charge on any atom is 0.272 e. The molecular formula is C30H32FN3O4S. The number of pyridine rings is 1. The van der Waals surface area contributed by atoms with E-state index in [1.54, 1.807) is 23.9 Å². The minimum atomic E-state index is -0.510. The van der Waals surface area contributed by atoms with Gasteiger partial charge in [-0.05, 0) is 47.1 Å². The van der Waals surface area contributed by atoms with Gasteiger partial charge in [-0.3, -0.25) is 15.0 Å². The van der Waals surface area contributed by atoms with Crippen molar-refractivity contribution in [3.05, 3.63) is 110 Å². The Morgan fingerprint density at radius 3 is 2.69 bits per heavy atom. The van der Waals surface area contributed by atoms with Gasteiger partial charge in [-0.2, -0.15) is 0 Å². The first-order valence-corrected chi connectivity index (χ1v) is 13.6. The third-order valence-electron chi connectivity index (χ3n) is 6.38. The van der Waals surface area contributed by atoms with Crippen LogP contribution in [0.25, 0.3) is 0 Å². The highest BCUT2D eigenvalue weighted by molar-refractivity contribution is 8.17. The van der Waals surface area contributed by atoms with E-state index in [4.69, 9.17) is 14.9 Å². The highest BCUT2D eigenvalue weighted by Crippen LogP contribution is 2.28. The van der Waals surface area contributed by atoms with Crippen LogP contribution >= 0.6 is 11.8 Å². The van der Waals surface area contributed by atoms with Gasteiger partial charge in [0.1, 0.15) is 17.5 Å². The number of nitrogens with one attached hydrogen (secondary N) is 2. The maximum absolute atomic E-state index is 13.7. The van der Waals surface area contributed by atoms with Crippen LogP contribution in [0.2, 0.25) is 0 Å². The molecule has 0 saturated heterocycles. The van der Waals surface area contributed by atoms with Crippen LogP contribution in [0.5, 0.6) is 5.75 Å². The molecule has 3 aromatic rings. The van der Waals surface area contributed by atoms with Crippen molar-refractivity contribution in [1.82, 2.24) is 9.88 Å². The van der Waals surface area contributed by atoms with E-state index < -0.39 is 11.3 Å². The number of fused-ring (bicyclic) bond motifs is 1. The number of allylic oxidation sites excluding steroid dienone is 2. The monoisotopic (exact) mass is 549 g/mol. The van der Waals surface area contributed by atoms with Gasteiger partial charge in [0.25, 0.3) is 5.91 Å². The van der Waals surface area contributed by atoms with Crippen molar-refractivity contribution in [3.8, 4) is 5.75 Å². The van der Waals surface area contributed by atoms with Crippen molar-refractivity contribution < 1.29 is 18.7 Å². The fourth-order valence-corrected chi connectivity index (χ4v) is 5.48. The zero-order chi connectivity index (χ0) is 27.9. The average Bonchev–Trinajstić information content (AvgIpc) is 2.90. The van der Waals surface area contributed by atoms with E-state index in [0.29, 0.717) is 19.6 Å². The molecule has 0 fully saturated rings. The Hall–Kier alpha value is -3.69. The van der Waals surface area contributed by atoms with E-state index in [2.05, 4.69) is 5.32 Å². The lowest BCUT2D eigenvalue weighted by atomic mass is 10.1. The minimum absolute atomic E-state index is 0.0496. The number of amides is 1. The molecule has 0 radical (unpaired) electrons. The summed E-state index contributed by atoms with van der Waals surface area (Å²) in [4.78, 5) is 27.6. The molecular weight excluding hydrogens is 517 g/mol. The smallest absolute Gasteiger partial charge is 0.272 e. The SMILES string of the molecule is CC/C=C(\Cc1ccc(F)cc1C)SC(=N)c1cn2c(c(OCc3ccccc3)c1=O)C(=O)N[C@H](COC)C2. The molecule has 1 aliphatic heterocycles. The fourth-order valence-electron chi connectivity index (χ4n) is 4.48. The molecule has 0 bridgehead atoms. The molecule has 7 nitrogen and oxygen atoms in total. The summed E-state index contributed by atoms with van der Waals surface area (Å²) < 4.78 is 26.5. The zero-order valence-corrected chi connectivity index (χ0v) is 23.1. The molecule has 0 spiro atoms. The van der Waals surface area contributed by atoms with E-state index in [-0.39, 0.29) is 40.5 Å². The van der Waals surface area contributed by atoms with E-state index in [9.17, 15) is 14.0 Å². The number of nitrogens with zero attached hydrogens (tertiary/aromatic N) is 1. The first-order chi connectivity index (χ1) is 18.8. The maximum atomic E-state index is 13.7. The van der Waals surface area contributed by atoms with Crippen molar-refractivity contribution in [3.63, 3.8) is 0 Å². The van der Waals surface area contributed by atoms with E-state index in [0.717, 1.165) is 28.0 Å². The normalized spacial score (nSPS) is 15.0. The number of hydrogen-bond donors (Lipinski definition) is 2. The highest BCUT2D eigenvalue weighted by atomic mass is 32.2. The highest BCUT2D eigenvalue weighted by Gasteiger charge is 2.31. The quantitative estimate of drug-likeness (QED) is 0.267. The molecule has 2 heterocycles. The summed E-state index contributed by atoms with van der Waals surface area (Å²) in [5.74, 6) is -0.795. The van der Waals surface area contributed by atoms with Gasteiger partial charge in [0.15, 0.2) is 11.4 Å². The number of carbonyl (C=O) groups is 1. The number of aromatic nitrogens is 1. The van der Waals surface area contributed by atoms with Gasteiger partial charge in [-0.15, -0.1) is 0 Å². The van der Waals surface area contributed by atoms with Crippen LogP contribution in [0, 0.1) is 18.2 Å². The number of methoxy groups -OCH3 is 1. The Labute approximate surface area is 231 Å². The molecule has 4 rings (SSSR count). The Morgan fingerprint density at radius 1 is 1.23 bits per heavy atom. The van der Waals surface area contributed by atoms with Crippen LogP contribution in [0.3, 0.4) is 0 Å². The van der Waals surface area contributed by atoms with Crippen LogP contribution in [-0.2, 0) is 24.3 Å². The number of ether oxygens (including phenoxy) is 2. The molecule has 2 aromatic carbocycles. The summed E-state index contributed by atoms with van der Waals surface area (Å²) in [5, 5.41) is 11.8. The first kappa shape index (κ1) is 28.3. The summed E-state index contributed by atoms with van der Waals surface area (Å²) >= 11 is 1.19. The molecule has 1 amide bonds. The van der Waals surface area contributed by atoms with Gasteiger partial charge in [-0.1, -0.05) is 61.2 Å². The lowest BCUT2D eigenvalue weighted by Crippen LogP contribution is -2.48. The summed E-state index contributed by atoms with van der Waals surface area (Å²) in [5.41, 5.74) is 2.39. The summed E-state index contributed by atoms with van der Waals surface area (Å²) in [7, 11) is 1.56. The Balaban J connectivity index is 1.69. The zero-order valence-electron chi connectivity index (χ0n) is 22.3. The van der Waals surface area contributed by atoms with Crippen molar-refractivity contribution in [1.29, 1.82) is 5.41 Å². The molecule has 204 valence electrons. The second kappa shape index (κ2) is 12.9. The van der Waals surface area contributed by atoms with Gasteiger partial charge in [0.2, 0.25) is 5.43 Å². The molecule has 0 aliphatic carbocycles. The fraction of sp³-hybridized carbons (Fsp3) is 0.300. The van der Waals surface area contributed by atoms with Crippen molar-refractivity contribution in [2.24, 2.45) is 0 Å². The summed E-state index contributed by atoms with van der Waals surface area (Å²) in [6, 6.07) is 13.8. The molecule has 2 N–H and O–H groups in total. The number of hydrogen-bond acceptors (Lipinski definition) is 6. The summed E-state index contributed by atoms with van der Waals surface area (Å²) in [6.07, 6.45) is 4.82. The molecule has 1 aliphatic rings. The van der Waals surface area contributed by atoms with Gasteiger partial charge >= 0.3 is 0 Å². The van der Waals surface area contributed by atoms with Crippen LogP contribution in [-0.4, -0.2) is 35.3 Å². The molecule has 0 unspecified atom stereocenters. The van der Waals surface area contributed by atoms with Crippen LogP contribution in [0.1, 0.15) is 46.1 Å². The number of aryl methyl sites for hydroxylation is 1. The summed E-state index contributed by atoms with van der Waals surface area (Å²) in [6.45, 7) is 4.63. The molecule has 1 aromatic heterocycles. The van der Waals surface area contributed by atoms with E-state index in [1.807, 2.05) is 50.3 Å². The lowest BCUT2D eigenvalue weighted by Gasteiger charge is -2.29. The number of halogens is 1. The van der Waals surface area contributed by atoms with Crippen molar-refractivity contribution >= 4 is 22.7 Å². The third-order valence-corrected chi connectivity index (χ3v) is 7.38. The second-order valence-electron chi connectivity index (χ2n) is 9.36. The van der Waals surface area contributed by atoms with E-state index in [1.165, 1.54) is 23.9 Å². The Morgan fingerprint density at radius 2 is 2.00 bits per heavy atom. The number of thioether (sulfide) groups is 1. The predicted octanol–water partition coefficient (Wildman–Crippen LogP) is 5.23. The Bertz CT molecular complexity index is 1450. The standard InChI is InChI=1S/C30H32FN3O4S/c1-4-8-24(14-21-11-12-22(31)13-19(21)2)39-29(32)25-16-34-15-23(18-37-3)33-30(36)26(34)28(27(25)35)38-17-20-9-6-5-7-10-20/h5-13,16,23,32H,4,14-15,17-18H2,1-3H3,(H,33,36)/b24-8+,32-29?/t23-/m0/s1. The largest absolute Gasteiger partial charge is 0.483 e. The van der Waals surface area contributed by atoms with E-state index >= 15 is 0 Å². The molecule has 9 heteroatoms. The topological polar surface area (TPSA) is 93.4 Å². The third kappa shape index (κ3) is 6.85. The van der Waals surface area contributed by atoms with Gasteiger partial charge in [0, 0.05) is 26.3 Å². The van der Waals surface area contributed by atoms with Crippen molar-refractivity contribution in [2.75, 3.05) is 13.7 Å². The lowest BCUT2D eigenvalue weighted by molar-refractivity contribution is 0.0830. The van der Waals surface area contributed by atoms with Crippen LogP contribution in [0.15, 0.2) is 70.5 Å². The second-order valence-corrected chi connectivity index (χ2v) is 10.5. The van der Waals surface area contributed by atoms with Crippen molar-refractivity contribution in [2.45, 2.75) is 45.9 Å². The van der Waals surface area contributed by atoms with Crippen LogP contribution < -0.4 is 15.5 Å². The molecule has 1 atom stereocenters. The number of rotatable bonds is 10. The molecule has 0 saturated carbocycles. The van der Waals surface area contributed by atoms with Gasteiger partial charge in [-0.25, -0.2) is 4.39 Å². The minimum Gasteiger partial charge on any atom is -0.483 e. The Kier molecular flexibility index (Phi) is 9.37. The number of carbonyl (C=O) groups excluding carboxylic acids is 1. The first-order valence-electron chi connectivity index (χ1n) is 12.8. The van der Waals surface area contributed by atoms with Gasteiger partial charge in [0.05, 0.1) is 18.2 Å².